The summed E-state index contributed by atoms with van der Waals surface area (Å²) in [5, 5.41) is 20.7. The second kappa shape index (κ2) is 10.4. The van der Waals surface area contributed by atoms with E-state index in [1.165, 1.54) is 23.1 Å². The van der Waals surface area contributed by atoms with Crippen LogP contribution in [0.5, 0.6) is 0 Å². The number of carbonyl (C=O) groups is 2. The Bertz CT molecular complexity index is 1620. The van der Waals surface area contributed by atoms with E-state index < -0.39 is 27.8 Å². The Labute approximate surface area is 240 Å². The van der Waals surface area contributed by atoms with Gasteiger partial charge in [0.25, 0.3) is 0 Å². The van der Waals surface area contributed by atoms with E-state index in [1.54, 1.807) is 28.8 Å². The van der Waals surface area contributed by atoms with Gasteiger partial charge in [0, 0.05) is 44.7 Å². The molecule has 5 rings (SSSR count). The molecule has 2 aromatic heterocycles. The van der Waals surface area contributed by atoms with Crippen LogP contribution < -0.4 is 14.5 Å². The van der Waals surface area contributed by atoms with Gasteiger partial charge in [-0.3, -0.25) is 18.6 Å². The molecule has 0 radical (unpaired) electrons. The summed E-state index contributed by atoms with van der Waals surface area (Å²) in [6.45, 7) is 0.264. The molecule has 2 aliphatic rings. The smallest absolute Gasteiger partial charge is 0.324 e. The minimum atomic E-state index is -4.18. The lowest BCUT2D eigenvalue weighted by Gasteiger charge is -2.28. The second-order valence-corrected chi connectivity index (χ2v) is 12.7. The van der Waals surface area contributed by atoms with Gasteiger partial charge in [-0.05, 0) is 65.1 Å². The predicted octanol–water partition coefficient (Wildman–Crippen LogP) is 3.79. The van der Waals surface area contributed by atoms with E-state index in [0.29, 0.717) is 35.6 Å². The van der Waals surface area contributed by atoms with Gasteiger partial charge in [0.1, 0.15) is 11.8 Å². The molecular weight excluding hydrogens is 670 g/mol. The Morgan fingerprint density at radius 1 is 1.21 bits per heavy atom. The first kappa shape index (κ1) is 26.7. The van der Waals surface area contributed by atoms with E-state index in [1.807, 2.05) is 6.20 Å². The van der Waals surface area contributed by atoms with Crippen molar-refractivity contribution in [2.75, 3.05) is 28.8 Å². The van der Waals surface area contributed by atoms with Crippen LogP contribution in [0.15, 0.2) is 58.7 Å². The first-order valence-electron chi connectivity index (χ1n) is 11.2. The number of nitrogens with one attached hydrogen (secondary N) is 1. The fourth-order valence-corrected chi connectivity index (χ4v) is 7.53. The Morgan fingerprint density at radius 2 is 1.95 bits per heavy atom. The van der Waals surface area contributed by atoms with Gasteiger partial charge >= 0.3 is 12.0 Å². The maximum atomic E-state index is 13.5. The number of hydrogen-bond donors (Lipinski definition) is 2. The van der Waals surface area contributed by atoms with Crippen LogP contribution >= 0.6 is 45.8 Å². The lowest BCUT2D eigenvalue weighted by atomic mass is 10.2. The number of benzene rings is 1. The number of carboxylic acids is 1. The zero-order chi connectivity index (χ0) is 27.2. The quantitative estimate of drug-likeness (QED) is 0.361. The molecule has 3 aromatic rings. The summed E-state index contributed by atoms with van der Waals surface area (Å²) in [6, 6.07) is 8.05. The Kier molecular flexibility index (Phi) is 7.28. The maximum Gasteiger partial charge on any atom is 0.324 e. The number of hydrogen-bond acceptors (Lipinski definition) is 6. The fraction of sp³-hybridized carbons (Fsp3) is 0.217. The molecule has 38 heavy (non-hydrogen) atoms. The Hall–Kier alpha value is -2.88. The van der Waals surface area contributed by atoms with Crippen molar-refractivity contribution >= 4 is 90.2 Å². The number of fused-ring (bicyclic) bond motifs is 1. The van der Waals surface area contributed by atoms with Gasteiger partial charge in [-0.2, -0.15) is 0 Å². The van der Waals surface area contributed by atoms with Gasteiger partial charge in [-0.25, -0.2) is 13.2 Å². The summed E-state index contributed by atoms with van der Waals surface area (Å²) in [5.74, 6) is -0.388. The lowest BCUT2D eigenvalue weighted by Crippen LogP contribution is -2.41. The number of amides is 2. The van der Waals surface area contributed by atoms with Crippen molar-refractivity contribution in [3.63, 3.8) is 0 Å². The van der Waals surface area contributed by atoms with Crippen LogP contribution in [0.1, 0.15) is 6.42 Å². The number of allylic oxidation sites excluding steroid dienone is 3. The predicted molar refractivity (Wildman–Crippen MR) is 153 cm³/mol. The molecule has 1 saturated heterocycles. The van der Waals surface area contributed by atoms with Crippen LogP contribution in [0.25, 0.3) is 16.7 Å². The number of urea groups is 1. The van der Waals surface area contributed by atoms with Crippen molar-refractivity contribution in [1.82, 2.24) is 20.1 Å². The highest BCUT2D eigenvalue weighted by Gasteiger charge is 2.35. The molecule has 1 fully saturated rings. The first-order chi connectivity index (χ1) is 18.0. The van der Waals surface area contributed by atoms with E-state index >= 15 is 0 Å². The fourth-order valence-electron chi connectivity index (χ4n) is 4.29. The van der Waals surface area contributed by atoms with Gasteiger partial charge in [0.2, 0.25) is 10.0 Å². The molecule has 0 spiro atoms. The SMILES string of the molecule is O=C(O)CN(c1ccc2c(c1)c(I)cn2-c1ccc(N2CCNC2=O)nn1)S(=O)(=O)C1C=C(Cl)C=C(Cl)C1. The minimum Gasteiger partial charge on any atom is -0.480 e. The molecular formula is C23H19Cl2IN6O5S. The van der Waals surface area contributed by atoms with Crippen LogP contribution in [0, 0.1) is 3.57 Å². The highest BCUT2D eigenvalue weighted by Crippen LogP contribution is 2.34. The van der Waals surface area contributed by atoms with E-state index in [0.717, 1.165) is 7.88 Å². The van der Waals surface area contributed by atoms with Crippen molar-refractivity contribution < 1.29 is 23.1 Å². The zero-order valence-electron chi connectivity index (χ0n) is 19.4. The van der Waals surface area contributed by atoms with E-state index in [-0.39, 0.29) is 28.2 Å². The molecule has 3 heterocycles. The molecule has 1 atom stereocenters. The highest BCUT2D eigenvalue weighted by atomic mass is 127. The normalized spacial score (nSPS) is 17.8. The number of nitrogens with zero attached hydrogens (tertiary/aromatic N) is 5. The molecule has 1 aromatic carbocycles. The number of sulfonamides is 1. The van der Waals surface area contributed by atoms with E-state index in [2.05, 4.69) is 38.1 Å². The molecule has 2 N–H and O–H groups in total. The molecule has 1 aliphatic carbocycles. The summed E-state index contributed by atoms with van der Waals surface area (Å²) < 4.78 is 30.5. The van der Waals surface area contributed by atoms with Crippen molar-refractivity contribution in [1.29, 1.82) is 0 Å². The average Bonchev–Trinajstić information content (AvgIpc) is 3.44. The Morgan fingerprint density at radius 3 is 2.58 bits per heavy atom. The molecule has 15 heteroatoms. The molecule has 0 bridgehead atoms. The van der Waals surface area contributed by atoms with Crippen LogP contribution in [-0.2, 0) is 14.8 Å². The van der Waals surface area contributed by atoms with E-state index in [9.17, 15) is 23.1 Å². The van der Waals surface area contributed by atoms with Gasteiger partial charge in [-0.15, -0.1) is 10.2 Å². The zero-order valence-corrected chi connectivity index (χ0v) is 23.9. The highest BCUT2D eigenvalue weighted by molar-refractivity contribution is 14.1. The van der Waals surface area contributed by atoms with E-state index in [4.69, 9.17) is 23.2 Å². The topological polar surface area (TPSA) is 138 Å². The van der Waals surface area contributed by atoms with Crippen LogP contribution in [0.2, 0.25) is 0 Å². The van der Waals surface area contributed by atoms with Gasteiger partial charge in [0.15, 0.2) is 11.6 Å². The summed E-state index contributed by atoms with van der Waals surface area (Å²) in [6.07, 6.45) is 4.61. The molecule has 1 unspecified atom stereocenters. The molecule has 11 nitrogen and oxygen atoms in total. The van der Waals surface area contributed by atoms with Gasteiger partial charge in [0.05, 0.1) is 11.2 Å². The van der Waals surface area contributed by atoms with Crippen LogP contribution in [0.3, 0.4) is 0 Å². The number of rotatable bonds is 7. The lowest BCUT2D eigenvalue weighted by molar-refractivity contribution is -0.135. The number of aromatic nitrogens is 3. The third kappa shape index (κ3) is 5.07. The molecule has 198 valence electrons. The standard InChI is InChI=1S/C23H19Cl2IN6O5S/c24-13-7-14(25)9-16(8-13)38(36,37)32(12-22(33)34)15-1-2-19-17(10-15)18(26)11-31(19)21-4-3-20(28-29-21)30-6-5-27-23(30)35/h1-4,7-8,10-11,16H,5-6,9,12H2,(H,27,35)(H,33,34). The molecule has 2 amide bonds. The van der Waals surface area contributed by atoms with Crippen LogP contribution in [-0.4, -0.2) is 65.2 Å². The molecule has 1 aliphatic heterocycles. The summed E-state index contributed by atoms with van der Waals surface area (Å²) >= 11 is 14.2. The number of halogens is 3. The monoisotopic (exact) mass is 688 g/mol. The number of carbonyl (C=O) groups excluding carboxylic acids is 1. The number of carboxylic acid groups (broad SMARTS) is 1. The summed E-state index contributed by atoms with van der Waals surface area (Å²) in [4.78, 5) is 25.1. The third-order valence-corrected chi connectivity index (χ3v) is 9.43. The number of anilines is 2. The molecule has 0 saturated carbocycles. The third-order valence-electron chi connectivity index (χ3n) is 6.05. The van der Waals surface area contributed by atoms with Gasteiger partial charge < -0.3 is 10.4 Å². The Balaban J connectivity index is 1.51. The van der Waals surface area contributed by atoms with Gasteiger partial charge in [-0.1, -0.05) is 23.2 Å². The van der Waals surface area contributed by atoms with Crippen molar-refractivity contribution in [2.24, 2.45) is 0 Å². The summed E-state index contributed by atoms with van der Waals surface area (Å²) in [7, 11) is -4.18. The maximum absolute atomic E-state index is 13.5. The number of aliphatic carboxylic acids is 1. The first-order valence-corrected chi connectivity index (χ1v) is 14.5. The summed E-state index contributed by atoms with van der Waals surface area (Å²) in [5.41, 5.74) is 0.894. The minimum absolute atomic E-state index is 0.0138. The second-order valence-electron chi connectivity index (χ2n) is 8.51. The van der Waals surface area contributed by atoms with Crippen molar-refractivity contribution in [3.05, 3.63) is 62.3 Å². The average molecular weight is 689 g/mol. The largest absolute Gasteiger partial charge is 0.480 e. The van der Waals surface area contributed by atoms with Crippen LogP contribution in [0.4, 0.5) is 16.3 Å². The van der Waals surface area contributed by atoms with Crippen molar-refractivity contribution in [2.45, 2.75) is 11.7 Å². The van der Waals surface area contributed by atoms with Crippen molar-refractivity contribution in [3.8, 4) is 5.82 Å².